The monoisotopic (exact) mass is 297 g/mol. The second kappa shape index (κ2) is 7.36. The normalized spacial score (nSPS) is 14.5. The maximum Gasteiger partial charge on any atom is 0.317 e. The summed E-state index contributed by atoms with van der Waals surface area (Å²) in [6.45, 7) is 6.10. The van der Waals surface area contributed by atoms with E-state index in [1.165, 1.54) is 0 Å². The van der Waals surface area contributed by atoms with Gasteiger partial charge in [0.1, 0.15) is 12.4 Å². The topological polar surface area (TPSA) is 53.6 Å². The van der Waals surface area contributed by atoms with Gasteiger partial charge < -0.3 is 20.3 Å². The Labute approximate surface area is 124 Å². The minimum Gasteiger partial charge on any atom is -0.490 e. The van der Waals surface area contributed by atoms with E-state index in [-0.39, 0.29) is 6.03 Å². The number of carbonyl (C=O) groups excluding carboxylic acids is 1. The highest BCUT2D eigenvalue weighted by Crippen LogP contribution is 2.28. The Kier molecular flexibility index (Phi) is 5.49. The molecule has 2 amide bonds. The van der Waals surface area contributed by atoms with Gasteiger partial charge in [-0.05, 0) is 12.6 Å². The van der Waals surface area contributed by atoms with Crippen molar-refractivity contribution in [2.75, 3.05) is 32.8 Å². The maximum atomic E-state index is 11.4. The van der Waals surface area contributed by atoms with Crippen molar-refractivity contribution in [1.29, 1.82) is 0 Å². The van der Waals surface area contributed by atoms with E-state index in [0.717, 1.165) is 25.2 Å². The quantitative estimate of drug-likeness (QED) is 0.808. The van der Waals surface area contributed by atoms with Gasteiger partial charge in [0.25, 0.3) is 0 Å². The van der Waals surface area contributed by atoms with E-state index in [1.807, 2.05) is 18.2 Å². The number of benzene rings is 1. The number of nitrogens with one attached hydrogen (secondary N) is 2. The summed E-state index contributed by atoms with van der Waals surface area (Å²) in [6, 6.07) is 5.69. The van der Waals surface area contributed by atoms with Crippen LogP contribution in [0.1, 0.15) is 12.5 Å². The Bertz CT molecular complexity index is 468. The molecule has 0 aromatic heterocycles. The number of urea groups is 1. The third-order valence-electron chi connectivity index (χ3n) is 3.17. The molecule has 2 rings (SSSR count). The maximum absolute atomic E-state index is 11.4. The van der Waals surface area contributed by atoms with Crippen molar-refractivity contribution in [2.24, 2.45) is 0 Å². The van der Waals surface area contributed by atoms with Gasteiger partial charge in [0.05, 0.1) is 11.6 Å². The molecule has 0 bridgehead atoms. The Morgan fingerprint density at radius 2 is 2.35 bits per heavy atom. The molecule has 1 heterocycles. The molecular formula is C14H20ClN3O2. The summed E-state index contributed by atoms with van der Waals surface area (Å²) in [4.78, 5) is 13.2. The number of carbonyl (C=O) groups is 1. The summed E-state index contributed by atoms with van der Waals surface area (Å²) < 4.78 is 5.78. The zero-order chi connectivity index (χ0) is 14.4. The van der Waals surface area contributed by atoms with Crippen LogP contribution in [0, 0.1) is 0 Å². The van der Waals surface area contributed by atoms with Crippen LogP contribution in [0.2, 0.25) is 5.02 Å². The predicted octanol–water partition coefficient (Wildman–Crippen LogP) is 1.85. The van der Waals surface area contributed by atoms with Gasteiger partial charge in [0.15, 0.2) is 0 Å². The van der Waals surface area contributed by atoms with Crippen molar-refractivity contribution >= 4 is 17.6 Å². The van der Waals surface area contributed by atoms with Crippen LogP contribution in [-0.2, 0) is 6.54 Å². The summed E-state index contributed by atoms with van der Waals surface area (Å²) in [6.07, 6.45) is 0. The van der Waals surface area contributed by atoms with Gasteiger partial charge in [-0.15, -0.1) is 0 Å². The molecule has 0 unspecified atom stereocenters. The summed E-state index contributed by atoms with van der Waals surface area (Å²) in [5.41, 5.74) is 1.03. The van der Waals surface area contributed by atoms with E-state index in [9.17, 15) is 4.79 Å². The van der Waals surface area contributed by atoms with Crippen molar-refractivity contribution in [3.63, 3.8) is 0 Å². The Morgan fingerprint density at radius 1 is 1.50 bits per heavy atom. The van der Waals surface area contributed by atoms with E-state index in [0.29, 0.717) is 30.5 Å². The van der Waals surface area contributed by atoms with Crippen LogP contribution in [0.5, 0.6) is 5.75 Å². The lowest BCUT2D eigenvalue weighted by atomic mass is 10.2. The highest BCUT2D eigenvalue weighted by molar-refractivity contribution is 6.32. The number of rotatable bonds is 7. The fourth-order valence-corrected chi connectivity index (χ4v) is 2.35. The molecular weight excluding hydrogens is 278 g/mol. The zero-order valence-corrected chi connectivity index (χ0v) is 12.4. The molecule has 1 aromatic carbocycles. The van der Waals surface area contributed by atoms with Gasteiger partial charge in [0, 0.05) is 25.2 Å². The van der Waals surface area contributed by atoms with Gasteiger partial charge in [-0.25, -0.2) is 4.79 Å². The van der Waals surface area contributed by atoms with Crippen molar-refractivity contribution in [1.82, 2.24) is 15.5 Å². The Balaban J connectivity index is 1.92. The first-order chi connectivity index (χ1) is 9.72. The third kappa shape index (κ3) is 3.77. The Morgan fingerprint density at radius 3 is 3.05 bits per heavy atom. The minimum absolute atomic E-state index is 0.0272. The molecule has 0 spiro atoms. The molecule has 110 valence electrons. The van der Waals surface area contributed by atoms with Gasteiger partial charge in [-0.3, -0.25) is 0 Å². The molecule has 6 heteroatoms. The summed E-state index contributed by atoms with van der Waals surface area (Å²) in [7, 11) is 0. The SMILES string of the molecule is CCNCc1cccc(Cl)c1OCCN1CCNC1=O. The van der Waals surface area contributed by atoms with Crippen molar-refractivity contribution < 1.29 is 9.53 Å². The Hall–Kier alpha value is -1.46. The van der Waals surface area contributed by atoms with Crippen LogP contribution in [0.3, 0.4) is 0 Å². The highest BCUT2D eigenvalue weighted by Gasteiger charge is 2.19. The van der Waals surface area contributed by atoms with Crippen LogP contribution in [0.4, 0.5) is 4.79 Å². The van der Waals surface area contributed by atoms with Gasteiger partial charge in [-0.2, -0.15) is 0 Å². The van der Waals surface area contributed by atoms with E-state index in [1.54, 1.807) is 4.90 Å². The van der Waals surface area contributed by atoms with E-state index in [4.69, 9.17) is 16.3 Å². The van der Waals surface area contributed by atoms with Gasteiger partial charge in [0.2, 0.25) is 0 Å². The van der Waals surface area contributed by atoms with E-state index >= 15 is 0 Å². The molecule has 0 radical (unpaired) electrons. The number of hydrogen-bond acceptors (Lipinski definition) is 3. The zero-order valence-electron chi connectivity index (χ0n) is 11.6. The van der Waals surface area contributed by atoms with Crippen molar-refractivity contribution in [3.8, 4) is 5.75 Å². The predicted molar refractivity (Wildman–Crippen MR) is 79.3 cm³/mol. The molecule has 0 atom stereocenters. The van der Waals surface area contributed by atoms with Crippen LogP contribution in [0.15, 0.2) is 18.2 Å². The number of para-hydroxylation sites is 1. The van der Waals surface area contributed by atoms with Crippen LogP contribution in [-0.4, -0.2) is 43.7 Å². The fraction of sp³-hybridized carbons (Fsp3) is 0.500. The second-order valence-electron chi connectivity index (χ2n) is 4.58. The van der Waals surface area contributed by atoms with Crippen molar-refractivity contribution in [2.45, 2.75) is 13.5 Å². The number of ether oxygens (including phenoxy) is 1. The molecule has 0 aliphatic carbocycles. The average molecular weight is 298 g/mol. The first kappa shape index (κ1) is 14.9. The first-order valence-corrected chi connectivity index (χ1v) is 7.24. The average Bonchev–Trinajstić information content (AvgIpc) is 2.84. The minimum atomic E-state index is -0.0272. The molecule has 0 saturated carbocycles. The number of nitrogens with zero attached hydrogens (tertiary/aromatic N) is 1. The first-order valence-electron chi connectivity index (χ1n) is 6.86. The smallest absolute Gasteiger partial charge is 0.317 e. The third-order valence-corrected chi connectivity index (χ3v) is 3.46. The van der Waals surface area contributed by atoms with E-state index in [2.05, 4.69) is 17.6 Å². The lowest BCUT2D eigenvalue weighted by Gasteiger charge is -2.17. The standard InChI is InChI=1S/C14H20ClN3O2/c1-2-16-10-11-4-3-5-12(15)13(11)20-9-8-18-7-6-17-14(18)19/h3-5,16H,2,6-10H2,1H3,(H,17,19). The molecule has 1 aliphatic heterocycles. The van der Waals surface area contributed by atoms with Crippen LogP contribution in [0.25, 0.3) is 0 Å². The molecule has 1 fully saturated rings. The number of halogens is 1. The number of hydrogen-bond donors (Lipinski definition) is 2. The summed E-state index contributed by atoms with van der Waals surface area (Å²) in [5, 5.41) is 6.62. The fourth-order valence-electron chi connectivity index (χ4n) is 2.10. The molecule has 1 saturated heterocycles. The van der Waals surface area contributed by atoms with Gasteiger partial charge >= 0.3 is 6.03 Å². The molecule has 1 aromatic rings. The van der Waals surface area contributed by atoms with Crippen LogP contribution < -0.4 is 15.4 Å². The van der Waals surface area contributed by atoms with Gasteiger partial charge in [-0.1, -0.05) is 30.7 Å². The second-order valence-corrected chi connectivity index (χ2v) is 4.98. The number of amides is 2. The van der Waals surface area contributed by atoms with Crippen molar-refractivity contribution in [3.05, 3.63) is 28.8 Å². The summed E-state index contributed by atoms with van der Waals surface area (Å²) >= 11 is 6.19. The lowest BCUT2D eigenvalue weighted by molar-refractivity contribution is 0.202. The molecule has 5 nitrogen and oxygen atoms in total. The van der Waals surface area contributed by atoms with E-state index < -0.39 is 0 Å². The highest BCUT2D eigenvalue weighted by atomic mass is 35.5. The lowest BCUT2D eigenvalue weighted by Crippen LogP contribution is -2.32. The molecule has 20 heavy (non-hydrogen) atoms. The summed E-state index contributed by atoms with van der Waals surface area (Å²) in [5.74, 6) is 0.703. The largest absolute Gasteiger partial charge is 0.490 e. The molecule has 1 aliphatic rings. The van der Waals surface area contributed by atoms with Crippen LogP contribution >= 0.6 is 11.6 Å². The molecule has 2 N–H and O–H groups in total.